The zero-order valence-electron chi connectivity index (χ0n) is 10.8. The van der Waals surface area contributed by atoms with Crippen molar-refractivity contribution >= 4 is 11.8 Å². The third-order valence-electron chi connectivity index (χ3n) is 3.17. The van der Waals surface area contributed by atoms with Gasteiger partial charge in [-0.25, -0.2) is 0 Å². The molecule has 1 aliphatic heterocycles. The van der Waals surface area contributed by atoms with Crippen LogP contribution in [0.15, 0.2) is 18.2 Å². The Morgan fingerprint density at radius 2 is 2.26 bits per heavy atom. The number of rotatable bonds is 3. The van der Waals surface area contributed by atoms with Crippen LogP contribution >= 0.6 is 0 Å². The number of methoxy groups -OCH3 is 1. The first-order valence-electron chi connectivity index (χ1n) is 5.95. The summed E-state index contributed by atoms with van der Waals surface area (Å²) in [5.74, 6) is -0.282. The summed E-state index contributed by atoms with van der Waals surface area (Å²) in [4.78, 5) is 25.2. The van der Waals surface area contributed by atoms with Crippen molar-refractivity contribution in [3.63, 3.8) is 0 Å². The molecule has 1 aliphatic rings. The number of nitrogens with one attached hydrogen (secondary N) is 1. The normalized spacial score (nSPS) is 18.5. The lowest BCUT2D eigenvalue weighted by atomic mass is 10.1. The van der Waals surface area contributed by atoms with Gasteiger partial charge in [-0.15, -0.1) is 0 Å². The second-order valence-corrected chi connectivity index (χ2v) is 4.46. The van der Waals surface area contributed by atoms with Crippen LogP contribution in [0.5, 0.6) is 11.5 Å². The smallest absolute Gasteiger partial charge is 0.252 e. The van der Waals surface area contributed by atoms with Crippen molar-refractivity contribution in [3.8, 4) is 11.5 Å². The Morgan fingerprint density at radius 1 is 1.53 bits per heavy atom. The van der Waals surface area contributed by atoms with Crippen molar-refractivity contribution in [2.24, 2.45) is 0 Å². The topological polar surface area (TPSA) is 78.9 Å². The summed E-state index contributed by atoms with van der Waals surface area (Å²) in [6.45, 7) is 0.637. The van der Waals surface area contributed by atoms with Gasteiger partial charge in [-0.1, -0.05) is 0 Å². The molecule has 1 saturated heterocycles. The average molecular weight is 264 g/mol. The Labute approximate surface area is 111 Å². The maximum absolute atomic E-state index is 12.0. The monoisotopic (exact) mass is 264 g/mol. The van der Waals surface area contributed by atoms with Crippen LogP contribution in [0.4, 0.5) is 0 Å². The van der Waals surface area contributed by atoms with E-state index in [1.807, 2.05) is 0 Å². The summed E-state index contributed by atoms with van der Waals surface area (Å²) >= 11 is 0. The number of phenols is 1. The molecule has 2 rings (SSSR count). The van der Waals surface area contributed by atoms with Gasteiger partial charge in [0, 0.05) is 19.2 Å². The Kier molecular flexibility index (Phi) is 3.59. The predicted octanol–water partition coefficient (Wildman–Crippen LogP) is 0.361. The van der Waals surface area contributed by atoms with E-state index in [0.29, 0.717) is 24.3 Å². The maximum Gasteiger partial charge on any atom is 0.252 e. The van der Waals surface area contributed by atoms with E-state index >= 15 is 0 Å². The van der Waals surface area contributed by atoms with Gasteiger partial charge >= 0.3 is 0 Å². The lowest BCUT2D eigenvalue weighted by molar-refractivity contribution is -0.128. The number of nitrogens with zero attached hydrogens (tertiary/aromatic N) is 1. The molecule has 1 heterocycles. The molecule has 1 unspecified atom stereocenters. The van der Waals surface area contributed by atoms with Crippen LogP contribution in [0.1, 0.15) is 16.8 Å². The number of phenolic OH excluding ortho intramolecular Hbond substituents is 1. The predicted molar refractivity (Wildman–Crippen MR) is 68.2 cm³/mol. The first-order chi connectivity index (χ1) is 9.02. The number of hydrogen-bond acceptors (Lipinski definition) is 4. The van der Waals surface area contributed by atoms with Gasteiger partial charge in [0.25, 0.3) is 5.91 Å². The lowest BCUT2D eigenvalue weighted by Gasteiger charge is -2.12. The molecule has 1 atom stereocenters. The van der Waals surface area contributed by atoms with Crippen LogP contribution in [0, 0.1) is 0 Å². The highest BCUT2D eigenvalue weighted by atomic mass is 16.5. The SMILES string of the molecule is COc1ccc(C(=O)NC2CCN(C)C2=O)cc1O. The Balaban J connectivity index is 2.08. The molecular weight excluding hydrogens is 248 g/mol. The number of amides is 2. The van der Waals surface area contributed by atoms with E-state index in [-0.39, 0.29) is 17.6 Å². The van der Waals surface area contributed by atoms with Crippen molar-refractivity contribution < 1.29 is 19.4 Å². The summed E-state index contributed by atoms with van der Waals surface area (Å²) in [6.07, 6.45) is 0.600. The molecule has 19 heavy (non-hydrogen) atoms. The molecule has 1 aromatic carbocycles. The van der Waals surface area contributed by atoms with Gasteiger partial charge in [-0.2, -0.15) is 0 Å². The molecule has 0 bridgehead atoms. The van der Waals surface area contributed by atoms with Crippen molar-refractivity contribution in [2.45, 2.75) is 12.5 Å². The molecule has 0 aromatic heterocycles. The number of aromatic hydroxyl groups is 1. The van der Waals surface area contributed by atoms with Gasteiger partial charge < -0.3 is 20.1 Å². The number of ether oxygens (including phenoxy) is 1. The van der Waals surface area contributed by atoms with Crippen LogP contribution in [0.2, 0.25) is 0 Å². The van der Waals surface area contributed by atoms with E-state index in [4.69, 9.17) is 4.74 Å². The summed E-state index contributed by atoms with van der Waals surface area (Å²) < 4.78 is 4.90. The minimum atomic E-state index is -0.484. The maximum atomic E-state index is 12.0. The zero-order valence-corrected chi connectivity index (χ0v) is 10.8. The number of hydrogen-bond donors (Lipinski definition) is 2. The van der Waals surface area contributed by atoms with Crippen molar-refractivity contribution in [1.29, 1.82) is 0 Å². The third-order valence-corrected chi connectivity index (χ3v) is 3.17. The zero-order chi connectivity index (χ0) is 14.0. The largest absolute Gasteiger partial charge is 0.504 e. The average Bonchev–Trinajstić information content (AvgIpc) is 2.70. The fourth-order valence-electron chi connectivity index (χ4n) is 2.03. The molecule has 2 N–H and O–H groups in total. The minimum Gasteiger partial charge on any atom is -0.504 e. The van der Waals surface area contributed by atoms with Crippen molar-refractivity contribution in [2.75, 3.05) is 20.7 Å². The summed E-state index contributed by atoms with van der Waals surface area (Å²) in [5.41, 5.74) is 0.292. The van der Waals surface area contributed by atoms with Crippen LogP contribution in [0.25, 0.3) is 0 Å². The van der Waals surface area contributed by atoms with E-state index in [0.717, 1.165) is 0 Å². The molecule has 1 fully saturated rings. The number of likely N-dealkylation sites (tertiary alicyclic amines) is 1. The minimum absolute atomic E-state index is 0.0916. The quantitative estimate of drug-likeness (QED) is 0.826. The van der Waals surface area contributed by atoms with E-state index in [1.165, 1.54) is 25.3 Å². The Bertz CT molecular complexity index is 515. The highest BCUT2D eigenvalue weighted by molar-refractivity contribution is 5.98. The molecule has 102 valence electrons. The number of likely N-dealkylation sites (N-methyl/N-ethyl adjacent to an activating group) is 1. The Hall–Kier alpha value is -2.24. The van der Waals surface area contributed by atoms with E-state index in [2.05, 4.69) is 5.32 Å². The molecule has 6 heteroatoms. The molecule has 2 amide bonds. The molecule has 6 nitrogen and oxygen atoms in total. The second-order valence-electron chi connectivity index (χ2n) is 4.46. The highest BCUT2D eigenvalue weighted by Crippen LogP contribution is 2.26. The first kappa shape index (κ1) is 13.2. The highest BCUT2D eigenvalue weighted by Gasteiger charge is 2.30. The van der Waals surface area contributed by atoms with E-state index < -0.39 is 6.04 Å². The molecule has 0 radical (unpaired) electrons. The van der Waals surface area contributed by atoms with E-state index in [1.54, 1.807) is 11.9 Å². The van der Waals surface area contributed by atoms with Crippen LogP contribution < -0.4 is 10.1 Å². The second kappa shape index (κ2) is 5.17. The summed E-state index contributed by atoms with van der Waals surface area (Å²) in [6, 6.07) is 3.88. The standard InChI is InChI=1S/C13H16N2O4/c1-15-6-5-9(13(15)18)14-12(17)8-3-4-11(19-2)10(16)7-8/h3-4,7,9,16H,5-6H2,1-2H3,(H,14,17). The van der Waals surface area contributed by atoms with Gasteiger partial charge in [0.05, 0.1) is 7.11 Å². The molecule has 0 aliphatic carbocycles. The molecule has 1 aromatic rings. The van der Waals surface area contributed by atoms with Gasteiger partial charge in [0.1, 0.15) is 6.04 Å². The van der Waals surface area contributed by atoms with Crippen LogP contribution in [0.3, 0.4) is 0 Å². The van der Waals surface area contributed by atoms with Crippen LogP contribution in [-0.2, 0) is 4.79 Å². The van der Waals surface area contributed by atoms with Gasteiger partial charge in [-0.3, -0.25) is 9.59 Å². The number of benzene rings is 1. The fraction of sp³-hybridized carbons (Fsp3) is 0.385. The van der Waals surface area contributed by atoms with Crippen molar-refractivity contribution in [3.05, 3.63) is 23.8 Å². The van der Waals surface area contributed by atoms with Gasteiger partial charge in [0.2, 0.25) is 5.91 Å². The molecule has 0 saturated carbocycles. The van der Waals surface area contributed by atoms with E-state index in [9.17, 15) is 14.7 Å². The summed E-state index contributed by atoms with van der Waals surface area (Å²) in [7, 11) is 3.13. The lowest BCUT2D eigenvalue weighted by Crippen LogP contribution is -2.40. The molecular formula is C13H16N2O4. The first-order valence-corrected chi connectivity index (χ1v) is 5.95. The number of carbonyl (C=O) groups is 2. The summed E-state index contributed by atoms with van der Waals surface area (Å²) in [5, 5.41) is 12.3. The Morgan fingerprint density at radius 3 is 2.79 bits per heavy atom. The van der Waals surface area contributed by atoms with Crippen molar-refractivity contribution in [1.82, 2.24) is 10.2 Å². The van der Waals surface area contributed by atoms with Crippen LogP contribution in [-0.4, -0.2) is 48.6 Å². The molecule has 0 spiro atoms. The fourth-order valence-corrected chi connectivity index (χ4v) is 2.03. The third kappa shape index (κ3) is 2.62. The van der Waals surface area contributed by atoms with Gasteiger partial charge in [0.15, 0.2) is 11.5 Å². The van der Waals surface area contributed by atoms with Gasteiger partial charge in [-0.05, 0) is 24.6 Å². The number of carbonyl (C=O) groups excluding carboxylic acids is 2.